The highest BCUT2D eigenvalue weighted by Crippen LogP contribution is 2.31. The van der Waals surface area contributed by atoms with Crippen LogP contribution in [0.5, 0.6) is 5.75 Å². The molecule has 0 saturated carbocycles. The van der Waals surface area contributed by atoms with Gasteiger partial charge >= 0.3 is 6.18 Å². The maximum Gasteiger partial charge on any atom is 0.406 e. The molecule has 0 unspecified atom stereocenters. The second-order valence-electron chi connectivity index (χ2n) is 6.89. The summed E-state index contributed by atoms with van der Waals surface area (Å²) in [6, 6.07) is 8.86. The Hall–Kier alpha value is -3.28. The van der Waals surface area contributed by atoms with Crippen molar-refractivity contribution >= 4 is 16.7 Å². The van der Waals surface area contributed by atoms with E-state index in [1.54, 1.807) is 30.5 Å². The Morgan fingerprint density at radius 2 is 1.90 bits per heavy atom. The maximum absolute atomic E-state index is 12.8. The van der Waals surface area contributed by atoms with Gasteiger partial charge in [-0.1, -0.05) is 6.07 Å². The van der Waals surface area contributed by atoms with Gasteiger partial charge in [0.05, 0.1) is 5.52 Å². The molecule has 6 nitrogen and oxygen atoms in total. The number of alkyl halides is 3. The molecule has 0 atom stereocenters. The van der Waals surface area contributed by atoms with Crippen molar-refractivity contribution in [2.75, 3.05) is 18.0 Å². The van der Waals surface area contributed by atoms with E-state index in [4.69, 9.17) is 4.74 Å². The van der Waals surface area contributed by atoms with E-state index in [-0.39, 0.29) is 6.10 Å². The molecule has 0 radical (unpaired) electrons. The van der Waals surface area contributed by atoms with Crippen molar-refractivity contribution in [3.05, 3.63) is 48.5 Å². The van der Waals surface area contributed by atoms with Crippen molar-refractivity contribution < 1.29 is 17.9 Å². The SMILES string of the molecule is N#Cc1nccnc1N1CCC(Oc2cccc3c2ccn3CC(F)(F)F)CC1. The number of ether oxygens (including phenoxy) is 1. The molecule has 2 aromatic heterocycles. The zero-order valence-electron chi connectivity index (χ0n) is 15.4. The van der Waals surface area contributed by atoms with E-state index in [0.29, 0.717) is 54.1 Å². The topological polar surface area (TPSA) is 67.0 Å². The van der Waals surface area contributed by atoms with Gasteiger partial charge in [0.1, 0.15) is 24.5 Å². The number of nitrogens with zero attached hydrogens (tertiary/aromatic N) is 5. The van der Waals surface area contributed by atoms with E-state index in [0.717, 1.165) is 0 Å². The standard InChI is InChI=1S/C20H18F3N5O/c21-20(22,23)13-28-11-6-15-17(28)2-1-3-18(15)29-14-4-9-27(10-5-14)19-16(12-24)25-7-8-26-19/h1-3,6-8,11,14H,4-5,9-10,13H2. The van der Waals surface area contributed by atoms with Gasteiger partial charge in [0.15, 0.2) is 11.5 Å². The Morgan fingerprint density at radius 1 is 1.14 bits per heavy atom. The fraction of sp³-hybridized carbons (Fsp3) is 0.350. The minimum Gasteiger partial charge on any atom is -0.490 e. The molecule has 1 saturated heterocycles. The minimum atomic E-state index is -4.28. The van der Waals surface area contributed by atoms with E-state index >= 15 is 0 Å². The molecule has 150 valence electrons. The lowest BCUT2D eigenvalue weighted by Crippen LogP contribution is -2.39. The van der Waals surface area contributed by atoms with E-state index in [2.05, 4.69) is 16.0 Å². The van der Waals surface area contributed by atoms with Gasteiger partial charge in [-0.15, -0.1) is 0 Å². The van der Waals surface area contributed by atoms with Crippen LogP contribution < -0.4 is 9.64 Å². The van der Waals surface area contributed by atoms with Gasteiger partial charge in [0, 0.05) is 49.9 Å². The number of aromatic nitrogens is 3. The van der Waals surface area contributed by atoms with Crippen molar-refractivity contribution in [1.82, 2.24) is 14.5 Å². The molecule has 0 spiro atoms. The fourth-order valence-electron chi connectivity index (χ4n) is 3.63. The summed E-state index contributed by atoms with van der Waals surface area (Å²) in [5.41, 5.74) is 0.790. The summed E-state index contributed by atoms with van der Waals surface area (Å²) in [7, 11) is 0. The molecule has 1 aliphatic heterocycles. The number of piperidine rings is 1. The predicted molar refractivity (Wildman–Crippen MR) is 101 cm³/mol. The number of hydrogen-bond donors (Lipinski definition) is 0. The molecule has 0 N–H and O–H groups in total. The number of fused-ring (bicyclic) bond motifs is 1. The van der Waals surface area contributed by atoms with Crippen LogP contribution in [0.3, 0.4) is 0 Å². The molecule has 3 heterocycles. The third-order valence-corrected chi connectivity index (χ3v) is 4.94. The Morgan fingerprint density at radius 3 is 2.62 bits per heavy atom. The summed E-state index contributed by atoms with van der Waals surface area (Å²) in [5, 5.41) is 9.86. The summed E-state index contributed by atoms with van der Waals surface area (Å²) in [6.45, 7) is 0.282. The molecular formula is C20H18F3N5O. The summed E-state index contributed by atoms with van der Waals surface area (Å²) in [6.07, 6.45) is 1.56. The van der Waals surface area contributed by atoms with Gasteiger partial charge < -0.3 is 14.2 Å². The first-order chi connectivity index (χ1) is 13.9. The normalized spacial score (nSPS) is 15.4. The molecule has 1 aliphatic rings. The highest BCUT2D eigenvalue weighted by Gasteiger charge is 2.29. The van der Waals surface area contributed by atoms with Crippen molar-refractivity contribution in [3.63, 3.8) is 0 Å². The third-order valence-electron chi connectivity index (χ3n) is 4.94. The van der Waals surface area contributed by atoms with Gasteiger partial charge in [-0.05, 0) is 18.2 Å². The lowest BCUT2D eigenvalue weighted by Gasteiger charge is -2.33. The second-order valence-corrected chi connectivity index (χ2v) is 6.89. The lowest BCUT2D eigenvalue weighted by molar-refractivity contribution is -0.139. The quantitative estimate of drug-likeness (QED) is 0.663. The zero-order valence-corrected chi connectivity index (χ0v) is 15.4. The number of rotatable bonds is 4. The molecule has 0 bridgehead atoms. The van der Waals surface area contributed by atoms with Crippen LogP contribution in [-0.4, -0.2) is 39.9 Å². The molecule has 1 fully saturated rings. The van der Waals surface area contributed by atoms with Crippen LogP contribution in [0.2, 0.25) is 0 Å². The summed E-state index contributed by atoms with van der Waals surface area (Å²) in [5.74, 6) is 1.15. The number of nitriles is 1. The van der Waals surface area contributed by atoms with Crippen LogP contribution in [-0.2, 0) is 6.54 Å². The fourth-order valence-corrected chi connectivity index (χ4v) is 3.63. The Labute approximate surface area is 165 Å². The first-order valence-electron chi connectivity index (χ1n) is 9.22. The highest BCUT2D eigenvalue weighted by atomic mass is 19.4. The average molecular weight is 401 g/mol. The molecule has 0 aliphatic carbocycles. The number of benzene rings is 1. The van der Waals surface area contributed by atoms with Crippen LogP contribution in [0.4, 0.5) is 19.0 Å². The van der Waals surface area contributed by atoms with Crippen LogP contribution in [0.15, 0.2) is 42.9 Å². The first-order valence-corrected chi connectivity index (χ1v) is 9.22. The van der Waals surface area contributed by atoms with Crippen LogP contribution in [0.25, 0.3) is 10.9 Å². The second kappa shape index (κ2) is 7.62. The molecular weight excluding hydrogens is 383 g/mol. The summed E-state index contributed by atoms with van der Waals surface area (Å²) >= 11 is 0. The van der Waals surface area contributed by atoms with Crippen molar-refractivity contribution in [1.29, 1.82) is 5.26 Å². The first kappa shape index (κ1) is 19.1. The summed E-state index contributed by atoms with van der Waals surface area (Å²) in [4.78, 5) is 10.3. The maximum atomic E-state index is 12.8. The summed E-state index contributed by atoms with van der Waals surface area (Å²) < 4.78 is 45.6. The van der Waals surface area contributed by atoms with E-state index in [1.807, 2.05) is 4.90 Å². The number of hydrogen-bond acceptors (Lipinski definition) is 5. The molecule has 9 heteroatoms. The Balaban J connectivity index is 1.46. The van der Waals surface area contributed by atoms with Gasteiger partial charge in [-0.25, -0.2) is 9.97 Å². The Kier molecular flexibility index (Phi) is 5.01. The molecule has 29 heavy (non-hydrogen) atoms. The third kappa shape index (κ3) is 4.11. The van der Waals surface area contributed by atoms with E-state index in [1.165, 1.54) is 17.0 Å². The van der Waals surface area contributed by atoms with Gasteiger partial charge in [-0.2, -0.15) is 18.4 Å². The Bertz CT molecular complexity index is 1050. The van der Waals surface area contributed by atoms with Gasteiger partial charge in [0.25, 0.3) is 0 Å². The largest absolute Gasteiger partial charge is 0.490 e. The van der Waals surface area contributed by atoms with Gasteiger partial charge in [-0.3, -0.25) is 0 Å². The number of halogens is 3. The average Bonchev–Trinajstić information content (AvgIpc) is 3.11. The van der Waals surface area contributed by atoms with E-state index < -0.39 is 12.7 Å². The number of anilines is 1. The predicted octanol–water partition coefficient (Wildman–Crippen LogP) is 3.91. The highest BCUT2D eigenvalue weighted by molar-refractivity contribution is 5.86. The minimum absolute atomic E-state index is 0.0648. The molecule has 3 aromatic rings. The van der Waals surface area contributed by atoms with Gasteiger partial charge in [0.2, 0.25) is 0 Å². The molecule has 4 rings (SSSR count). The molecule has 0 amide bonds. The lowest BCUT2D eigenvalue weighted by atomic mass is 10.1. The molecule has 1 aromatic carbocycles. The van der Waals surface area contributed by atoms with Crippen LogP contribution in [0.1, 0.15) is 18.5 Å². The van der Waals surface area contributed by atoms with Crippen LogP contribution in [0, 0.1) is 11.3 Å². The smallest absolute Gasteiger partial charge is 0.406 e. The zero-order chi connectivity index (χ0) is 20.4. The van der Waals surface area contributed by atoms with Crippen molar-refractivity contribution in [3.8, 4) is 11.8 Å². The monoisotopic (exact) mass is 401 g/mol. The van der Waals surface area contributed by atoms with E-state index in [9.17, 15) is 18.4 Å². The van der Waals surface area contributed by atoms with Crippen molar-refractivity contribution in [2.24, 2.45) is 0 Å². The van der Waals surface area contributed by atoms with Crippen molar-refractivity contribution in [2.45, 2.75) is 31.7 Å². The van der Waals surface area contributed by atoms with Crippen LogP contribution >= 0.6 is 0 Å².